The summed E-state index contributed by atoms with van der Waals surface area (Å²) >= 11 is 0. The lowest BCUT2D eigenvalue weighted by Gasteiger charge is -2.40. The number of aliphatic hydroxyl groups is 1. The highest BCUT2D eigenvalue weighted by molar-refractivity contribution is 5.54. The molecule has 0 radical (unpaired) electrons. The standard InChI is InChI=1S/C18H22F3N7O2/c1-17(2)7-11(3-4-12(17)29)25-14-10(8-22)9-24-16(27-14)23-6-5-13-26-15(30-28-13)18(19,20)21/h9,11-12,29H,3-7H2,1-2H3,(H2,23,24,25,27)/t11-,12+/m1/s1. The maximum atomic E-state index is 12.5. The molecule has 0 aliphatic heterocycles. The summed E-state index contributed by atoms with van der Waals surface area (Å²) in [7, 11) is 0. The smallest absolute Gasteiger partial charge is 0.393 e. The highest BCUT2D eigenvalue weighted by Gasteiger charge is 2.38. The van der Waals surface area contributed by atoms with E-state index in [9.17, 15) is 23.5 Å². The van der Waals surface area contributed by atoms with Crippen LogP contribution < -0.4 is 10.6 Å². The SMILES string of the molecule is CC1(C)C[C@H](Nc2nc(NCCc3noc(C(F)(F)F)n3)ncc2C#N)CC[C@@H]1O. The Morgan fingerprint density at radius 1 is 1.33 bits per heavy atom. The minimum Gasteiger partial charge on any atom is -0.393 e. The van der Waals surface area contributed by atoms with E-state index in [1.54, 1.807) is 0 Å². The monoisotopic (exact) mass is 425 g/mol. The first-order valence-electron chi connectivity index (χ1n) is 9.44. The average molecular weight is 425 g/mol. The number of halogens is 3. The molecule has 0 bridgehead atoms. The first kappa shape index (κ1) is 21.8. The Morgan fingerprint density at radius 3 is 2.73 bits per heavy atom. The average Bonchev–Trinajstić information content (AvgIpc) is 3.14. The molecule has 0 unspecified atom stereocenters. The molecule has 9 nitrogen and oxygen atoms in total. The summed E-state index contributed by atoms with van der Waals surface area (Å²) in [5.41, 5.74) is 0.0222. The molecule has 2 heterocycles. The van der Waals surface area contributed by atoms with Gasteiger partial charge in [0.2, 0.25) is 5.95 Å². The van der Waals surface area contributed by atoms with Gasteiger partial charge >= 0.3 is 12.1 Å². The van der Waals surface area contributed by atoms with Crippen molar-refractivity contribution >= 4 is 11.8 Å². The predicted octanol–water partition coefficient (Wildman–Crippen LogP) is 2.76. The van der Waals surface area contributed by atoms with E-state index in [2.05, 4.69) is 35.3 Å². The van der Waals surface area contributed by atoms with Crippen molar-refractivity contribution in [3.63, 3.8) is 0 Å². The van der Waals surface area contributed by atoms with Crippen molar-refractivity contribution in [2.45, 2.75) is 57.9 Å². The lowest BCUT2D eigenvalue weighted by Crippen LogP contribution is -2.41. The fourth-order valence-corrected chi connectivity index (χ4v) is 3.36. The van der Waals surface area contributed by atoms with E-state index < -0.39 is 12.1 Å². The maximum absolute atomic E-state index is 12.5. The second-order valence-electron chi connectivity index (χ2n) is 7.89. The van der Waals surface area contributed by atoms with Crippen LogP contribution in [0.1, 0.15) is 50.4 Å². The molecule has 0 amide bonds. The summed E-state index contributed by atoms with van der Waals surface area (Å²) in [6.07, 6.45) is -1.52. The Kier molecular flexibility index (Phi) is 6.12. The molecule has 162 valence electrons. The summed E-state index contributed by atoms with van der Waals surface area (Å²) in [5, 5.41) is 28.9. The van der Waals surface area contributed by atoms with Crippen molar-refractivity contribution in [1.29, 1.82) is 5.26 Å². The number of aromatic nitrogens is 4. The van der Waals surface area contributed by atoms with E-state index in [4.69, 9.17) is 0 Å². The summed E-state index contributed by atoms with van der Waals surface area (Å²) in [6, 6.07) is 2.08. The van der Waals surface area contributed by atoms with Crippen LogP contribution in [0.2, 0.25) is 0 Å². The molecule has 1 fully saturated rings. The van der Waals surface area contributed by atoms with Gasteiger partial charge in [-0.15, -0.1) is 0 Å². The summed E-state index contributed by atoms with van der Waals surface area (Å²) in [5.74, 6) is -0.902. The Balaban J connectivity index is 1.62. The molecule has 0 aromatic carbocycles. The molecule has 3 N–H and O–H groups in total. The number of rotatable bonds is 6. The summed E-state index contributed by atoms with van der Waals surface area (Å²) in [6.45, 7) is 4.16. The van der Waals surface area contributed by atoms with Gasteiger partial charge in [0.25, 0.3) is 0 Å². The first-order valence-corrected chi connectivity index (χ1v) is 9.44. The third-order valence-corrected chi connectivity index (χ3v) is 5.06. The van der Waals surface area contributed by atoms with Crippen LogP contribution in [0.5, 0.6) is 0 Å². The van der Waals surface area contributed by atoms with Crippen LogP contribution >= 0.6 is 0 Å². The minimum atomic E-state index is -4.68. The number of alkyl halides is 3. The molecule has 1 aliphatic rings. The van der Waals surface area contributed by atoms with Crippen LogP contribution in [0.4, 0.5) is 24.9 Å². The molecule has 30 heavy (non-hydrogen) atoms. The highest BCUT2D eigenvalue weighted by Crippen LogP contribution is 2.37. The quantitative estimate of drug-likeness (QED) is 0.639. The van der Waals surface area contributed by atoms with Crippen LogP contribution in [-0.4, -0.2) is 43.9 Å². The zero-order valence-electron chi connectivity index (χ0n) is 16.5. The first-order chi connectivity index (χ1) is 14.1. The Bertz CT molecular complexity index is 923. The Labute approximate surface area is 170 Å². The van der Waals surface area contributed by atoms with E-state index in [0.29, 0.717) is 18.7 Å². The zero-order valence-corrected chi connectivity index (χ0v) is 16.5. The van der Waals surface area contributed by atoms with Crippen LogP contribution in [0.25, 0.3) is 0 Å². The fraction of sp³-hybridized carbons (Fsp3) is 0.611. The molecular weight excluding hydrogens is 403 g/mol. The molecule has 0 spiro atoms. The molecule has 12 heteroatoms. The number of nitrogens with one attached hydrogen (secondary N) is 2. The van der Waals surface area contributed by atoms with Crippen molar-refractivity contribution in [3.05, 3.63) is 23.5 Å². The van der Waals surface area contributed by atoms with Gasteiger partial charge in [0, 0.05) is 19.0 Å². The van der Waals surface area contributed by atoms with Gasteiger partial charge in [-0.3, -0.25) is 0 Å². The van der Waals surface area contributed by atoms with E-state index in [0.717, 1.165) is 6.42 Å². The van der Waals surface area contributed by atoms with Gasteiger partial charge in [-0.1, -0.05) is 19.0 Å². The van der Waals surface area contributed by atoms with Gasteiger partial charge in [0.15, 0.2) is 5.82 Å². The van der Waals surface area contributed by atoms with Gasteiger partial charge in [-0.25, -0.2) is 4.98 Å². The highest BCUT2D eigenvalue weighted by atomic mass is 19.4. The molecule has 2 aromatic heterocycles. The van der Waals surface area contributed by atoms with Crippen molar-refractivity contribution in [2.75, 3.05) is 17.2 Å². The number of aliphatic hydroxyl groups excluding tert-OH is 1. The second kappa shape index (κ2) is 8.43. The molecule has 3 rings (SSSR count). The minimum absolute atomic E-state index is 0.0402. The van der Waals surface area contributed by atoms with Gasteiger partial charge < -0.3 is 20.3 Å². The topological polar surface area (TPSA) is 133 Å². The Morgan fingerprint density at radius 2 is 2.10 bits per heavy atom. The molecule has 2 aromatic rings. The zero-order chi connectivity index (χ0) is 21.9. The summed E-state index contributed by atoms with van der Waals surface area (Å²) in [4.78, 5) is 11.7. The molecule has 0 saturated heterocycles. The third kappa shape index (κ3) is 5.15. The van der Waals surface area contributed by atoms with Crippen molar-refractivity contribution < 1.29 is 22.8 Å². The van der Waals surface area contributed by atoms with Crippen LogP contribution in [0.15, 0.2) is 10.7 Å². The van der Waals surface area contributed by atoms with Crippen molar-refractivity contribution in [2.24, 2.45) is 5.41 Å². The third-order valence-electron chi connectivity index (χ3n) is 5.06. The van der Waals surface area contributed by atoms with E-state index >= 15 is 0 Å². The van der Waals surface area contributed by atoms with Crippen molar-refractivity contribution in [1.82, 2.24) is 20.1 Å². The van der Waals surface area contributed by atoms with E-state index in [-0.39, 0.29) is 47.9 Å². The van der Waals surface area contributed by atoms with Gasteiger partial charge in [-0.05, 0) is 24.7 Å². The number of anilines is 2. The lowest BCUT2D eigenvalue weighted by atomic mass is 9.73. The van der Waals surface area contributed by atoms with Gasteiger partial charge in [-0.2, -0.15) is 28.4 Å². The van der Waals surface area contributed by atoms with Crippen LogP contribution in [0, 0.1) is 16.7 Å². The largest absolute Gasteiger partial charge is 0.471 e. The lowest BCUT2D eigenvalue weighted by molar-refractivity contribution is -0.159. The Hall–Kier alpha value is -2.94. The molecule has 1 aliphatic carbocycles. The number of nitriles is 1. The molecule has 1 saturated carbocycles. The second-order valence-corrected chi connectivity index (χ2v) is 7.89. The predicted molar refractivity (Wildman–Crippen MR) is 99.3 cm³/mol. The molecule has 2 atom stereocenters. The number of nitrogens with zero attached hydrogens (tertiary/aromatic N) is 5. The van der Waals surface area contributed by atoms with Crippen LogP contribution in [0.3, 0.4) is 0 Å². The fourth-order valence-electron chi connectivity index (χ4n) is 3.36. The number of hydrogen-bond donors (Lipinski definition) is 3. The summed E-state index contributed by atoms with van der Waals surface area (Å²) < 4.78 is 41.6. The molecular formula is C18H22F3N7O2. The van der Waals surface area contributed by atoms with Gasteiger partial charge in [0.1, 0.15) is 17.5 Å². The van der Waals surface area contributed by atoms with Gasteiger partial charge in [0.05, 0.1) is 12.3 Å². The van der Waals surface area contributed by atoms with E-state index in [1.807, 2.05) is 19.9 Å². The maximum Gasteiger partial charge on any atom is 0.471 e. The number of hydrogen-bond acceptors (Lipinski definition) is 9. The normalized spacial score (nSPS) is 21.1. The van der Waals surface area contributed by atoms with Crippen LogP contribution in [-0.2, 0) is 12.6 Å². The van der Waals surface area contributed by atoms with Crippen molar-refractivity contribution in [3.8, 4) is 6.07 Å². The van der Waals surface area contributed by atoms with E-state index in [1.165, 1.54) is 6.20 Å².